The molecule has 0 aromatic heterocycles. The van der Waals surface area contributed by atoms with Crippen molar-refractivity contribution in [2.45, 2.75) is 63.2 Å². The number of hydrogen-bond acceptors (Lipinski definition) is 3. The lowest BCUT2D eigenvalue weighted by atomic mass is 9.64. The van der Waals surface area contributed by atoms with Gasteiger partial charge in [-0.1, -0.05) is 217 Å². The topological polar surface area (TPSA) is 21.7 Å². The molecule has 11 aromatic rings. The van der Waals surface area contributed by atoms with Crippen molar-refractivity contribution in [3.8, 4) is 56.4 Å². The van der Waals surface area contributed by atoms with E-state index in [0.717, 1.165) is 56.8 Å². The fourth-order valence-electron chi connectivity index (χ4n) is 13.8. The Labute approximate surface area is 451 Å². The van der Waals surface area contributed by atoms with Gasteiger partial charge in [-0.25, -0.2) is 0 Å². The molecular formula is C74H57NO2. The summed E-state index contributed by atoms with van der Waals surface area (Å²) in [5.74, 6) is 3.53. The minimum Gasteiger partial charge on any atom is -0.457 e. The third kappa shape index (κ3) is 6.32. The van der Waals surface area contributed by atoms with Crippen molar-refractivity contribution >= 4 is 27.8 Å². The Hall–Kier alpha value is -8.92. The van der Waals surface area contributed by atoms with Crippen molar-refractivity contribution in [1.29, 1.82) is 0 Å². The maximum atomic E-state index is 7.10. The lowest BCUT2D eigenvalue weighted by Crippen LogP contribution is -2.33. The zero-order valence-electron chi connectivity index (χ0n) is 44.3. The smallest absolute Gasteiger partial charge is 0.132 e. The summed E-state index contributed by atoms with van der Waals surface area (Å²) in [6.45, 7) is 13.9. The lowest BCUT2D eigenvalue weighted by molar-refractivity contribution is 0.433. The van der Waals surface area contributed by atoms with Crippen molar-refractivity contribution in [1.82, 2.24) is 0 Å². The van der Waals surface area contributed by atoms with Crippen LogP contribution < -0.4 is 14.4 Å². The van der Waals surface area contributed by atoms with Crippen LogP contribution in [0, 0.1) is 0 Å². The van der Waals surface area contributed by atoms with Gasteiger partial charge in [-0.3, -0.25) is 0 Å². The molecule has 3 heteroatoms. The predicted octanol–water partition coefficient (Wildman–Crippen LogP) is 19.5. The molecule has 3 nitrogen and oxygen atoms in total. The maximum absolute atomic E-state index is 7.10. The Morgan fingerprint density at radius 2 is 0.766 bits per heavy atom. The molecule has 0 radical (unpaired) electrons. The van der Waals surface area contributed by atoms with Crippen LogP contribution in [-0.2, 0) is 21.7 Å². The summed E-state index contributed by atoms with van der Waals surface area (Å²) in [7, 11) is 0. The average molecular weight is 992 g/mol. The van der Waals surface area contributed by atoms with Gasteiger partial charge >= 0.3 is 0 Å². The SMILES string of the molecule is CC(C)(C)c1ccc2c(c1)C1(c3cc(C(C)(C)C)ccc3O2)c2ccccc2-c2c(N(c3ccc4c(c3)C3(c5ccccc5Oc5ccccc53)c3ccccc3-4)c3ccccc3-c3cccc4ccccc34)cccc21. The van der Waals surface area contributed by atoms with Crippen LogP contribution in [0.15, 0.2) is 237 Å². The Balaban J connectivity index is 1.07. The Kier molecular flexibility index (Phi) is 9.62. The van der Waals surface area contributed by atoms with Crippen molar-refractivity contribution in [2.75, 3.05) is 4.90 Å². The summed E-state index contributed by atoms with van der Waals surface area (Å²) in [5, 5.41) is 2.42. The molecule has 2 spiro atoms. The van der Waals surface area contributed by atoms with E-state index < -0.39 is 10.8 Å². The normalized spacial score (nSPS) is 14.5. The van der Waals surface area contributed by atoms with Crippen molar-refractivity contribution in [3.05, 3.63) is 292 Å². The van der Waals surface area contributed by atoms with Gasteiger partial charge in [0.05, 0.1) is 22.2 Å². The highest BCUT2D eigenvalue weighted by Gasteiger charge is 2.54. The minimum absolute atomic E-state index is 0.106. The largest absolute Gasteiger partial charge is 0.457 e. The van der Waals surface area contributed by atoms with Gasteiger partial charge in [-0.15, -0.1) is 0 Å². The molecule has 4 aliphatic rings. The molecule has 0 saturated carbocycles. The van der Waals surface area contributed by atoms with E-state index in [4.69, 9.17) is 9.47 Å². The van der Waals surface area contributed by atoms with Crippen LogP contribution in [-0.4, -0.2) is 0 Å². The number of rotatable bonds is 4. The standard InChI is InChI=1S/C74H57NO2/c1-71(2,3)47-37-41-68-62(43-47)74(63-44-48(72(4,5)6)38-42-69(63)77-68)57-29-13-10-26-55(57)70-60(74)32-20-34-65(70)75(64-33-16-11-25-54(64)51-27-19-22-46-21-7-8-23-50(46)51)49-39-40-53-52-24-9-12-28-56(52)73(61(53)45-49)58-30-14-17-35-66(58)76-67-36-18-15-31-59(67)73/h7-45H,1-6H3. The molecule has 15 rings (SSSR count). The molecular weight excluding hydrogens is 935 g/mol. The van der Waals surface area contributed by atoms with Crippen LogP contribution in [0.5, 0.6) is 23.0 Å². The monoisotopic (exact) mass is 991 g/mol. The fraction of sp³-hybridized carbons (Fsp3) is 0.135. The van der Waals surface area contributed by atoms with Crippen LogP contribution in [0.1, 0.15) is 97.2 Å². The summed E-state index contributed by atoms with van der Waals surface area (Å²) in [6.07, 6.45) is 0. The third-order valence-corrected chi connectivity index (χ3v) is 17.3. The lowest BCUT2D eigenvalue weighted by Gasteiger charge is -2.41. The van der Waals surface area contributed by atoms with Gasteiger partial charge in [-0.05, 0) is 138 Å². The molecule has 77 heavy (non-hydrogen) atoms. The summed E-state index contributed by atoms with van der Waals surface area (Å²) in [6, 6.07) is 88.3. The second-order valence-electron chi connectivity index (χ2n) is 23.5. The molecule has 370 valence electrons. The average Bonchev–Trinajstić information content (AvgIpc) is 4.17. The van der Waals surface area contributed by atoms with Crippen LogP contribution >= 0.6 is 0 Å². The molecule has 0 bridgehead atoms. The first-order valence-corrected chi connectivity index (χ1v) is 27.2. The first-order valence-electron chi connectivity index (χ1n) is 27.2. The molecule has 0 fully saturated rings. The Morgan fingerprint density at radius 3 is 1.43 bits per heavy atom. The summed E-state index contributed by atoms with van der Waals surface area (Å²) >= 11 is 0. The van der Waals surface area contributed by atoms with Gasteiger partial charge in [-0.2, -0.15) is 0 Å². The summed E-state index contributed by atoms with van der Waals surface area (Å²) in [5.41, 5.74) is 21.0. The number of para-hydroxylation sites is 3. The second-order valence-corrected chi connectivity index (χ2v) is 23.5. The highest BCUT2D eigenvalue weighted by atomic mass is 16.5. The van der Waals surface area contributed by atoms with E-state index in [1.54, 1.807) is 0 Å². The van der Waals surface area contributed by atoms with Crippen molar-refractivity contribution in [2.24, 2.45) is 0 Å². The van der Waals surface area contributed by atoms with Gasteiger partial charge in [0, 0.05) is 39.1 Å². The predicted molar refractivity (Wildman–Crippen MR) is 316 cm³/mol. The zero-order chi connectivity index (χ0) is 52.0. The number of fused-ring (bicyclic) bond motifs is 19. The van der Waals surface area contributed by atoms with E-state index in [-0.39, 0.29) is 10.8 Å². The fourth-order valence-corrected chi connectivity index (χ4v) is 13.8. The Morgan fingerprint density at radius 1 is 0.312 bits per heavy atom. The maximum Gasteiger partial charge on any atom is 0.132 e. The van der Waals surface area contributed by atoms with Gasteiger partial charge < -0.3 is 14.4 Å². The van der Waals surface area contributed by atoms with E-state index in [2.05, 4.69) is 283 Å². The highest BCUT2D eigenvalue weighted by molar-refractivity contribution is 6.05. The molecule has 2 aliphatic carbocycles. The van der Waals surface area contributed by atoms with E-state index >= 15 is 0 Å². The van der Waals surface area contributed by atoms with E-state index in [1.807, 2.05) is 0 Å². The highest BCUT2D eigenvalue weighted by Crippen LogP contribution is 2.67. The number of anilines is 3. The van der Waals surface area contributed by atoms with E-state index in [0.29, 0.717) is 0 Å². The number of benzene rings is 11. The summed E-state index contributed by atoms with van der Waals surface area (Å²) in [4.78, 5) is 2.58. The zero-order valence-corrected chi connectivity index (χ0v) is 44.3. The Bertz CT molecular complexity index is 4160. The van der Waals surface area contributed by atoms with Crippen molar-refractivity contribution in [3.63, 3.8) is 0 Å². The van der Waals surface area contributed by atoms with Gasteiger partial charge in [0.15, 0.2) is 0 Å². The molecule has 0 atom stereocenters. The number of hydrogen-bond donors (Lipinski definition) is 0. The quantitative estimate of drug-likeness (QED) is 0.175. The van der Waals surface area contributed by atoms with E-state index in [9.17, 15) is 0 Å². The molecule has 0 saturated heterocycles. The molecule has 0 N–H and O–H groups in total. The third-order valence-electron chi connectivity index (χ3n) is 17.3. The van der Waals surface area contributed by atoms with Crippen LogP contribution in [0.2, 0.25) is 0 Å². The van der Waals surface area contributed by atoms with Gasteiger partial charge in [0.25, 0.3) is 0 Å². The molecule has 2 aliphatic heterocycles. The van der Waals surface area contributed by atoms with Crippen LogP contribution in [0.25, 0.3) is 44.2 Å². The minimum atomic E-state index is -0.715. The molecule has 0 amide bonds. The first-order chi connectivity index (χ1) is 37.5. The first kappa shape index (κ1) is 45.5. The van der Waals surface area contributed by atoms with Crippen molar-refractivity contribution < 1.29 is 9.47 Å². The van der Waals surface area contributed by atoms with Gasteiger partial charge in [0.2, 0.25) is 0 Å². The van der Waals surface area contributed by atoms with Gasteiger partial charge in [0.1, 0.15) is 23.0 Å². The molecule has 2 heterocycles. The van der Waals surface area contributed by atoms with E-state index in [1.165, 1.54) is 83.1 Å². The summed E-state index contributed by atoms with van der Waals surface area (Å²) < 4.78 is 13.9. The second kappa shape index (κ2) is 16.3. The number of nitrogens with zero attached hydrogens (tertiary/aromatic N) is 1. The number of ether oxygens (including phenoxy) is 2. The molecule has 0 unspecified atom stereocenters. The molecule has 11 aromatic carbocycles. The van der Waals surface area contributed by atoms with Crippen LogP contribution in [0.3, 0.4) is 0 Å². The van der Waals surface area contributed by atoms with Crippen LogP contribution in [0.4, 0.5) is 17.1 Å².